The first-order chi connectivity index (χ1) is 8.19. The summed E-state index contributed by atoms with van der Waals surface area (Å²) in [6.45, 7) is 0. The van der Waals surface area contributed by atoms with Crippen LogP contribution in [0.2, 0.25) is 0 Å². The molecule has 0 bridgehead atoms. The molecule has 0 aromatic heterocycles. The van der Waals surface area contributed by atoms with Crippen LogP contribution in [0.3, 0.4) is 0 Å². The van der Waals surface area contributed by atoms with E-state index in [0.717, 1.165) is 5.56 Å². The van der Waals surface area contributed by atoms with Gasteiger partial charge in [0.05, 0.1) is 11.1 Å². The van der Waals surface area contributed by atoms with Crippen molar-refractivity contribution < 1.29 is 15.1 Å². The average Bonchev–Trinajstić information content (AvgIpc) is 2.39. The standard InChI is InChI=1S/C13H15NO3/c15-12(16)13(10-4-2-1-3-5-10)8-6-11(14-17)7-9-13/h1-5,17H,6-9H2,(H,15,16). The van der Waals surface area contributed by atoms with Gasteiger partial charge in [-0.2, -0.15) is 0 Å². The van der Waals surface area contributed by atoms with Crippen molar-refractivity contribution in [2.24, 2.45) is 5.16 Å². The second-order valence-corrected chi connectivity index (χ2v) is 4.42. The first-order valence-corrected chi connectivity index (χ1v) is 5.68. The van der Waals surface area contributed by atoms with E-state index >= 15 is 0 Å². The van der Waals surface area contributed by atoms with Gasteiger partial charge in [-0.05, 0) is 31.2 Å². The summed E-state index contributed by atoms with van der Waals surface area (Å²) in [4.78, 5) is 11.6. The van der Waals surface area contributed by atoms with Crippen molar-refractivity contribution in [2.45, 2.75) is 31.1 Å². The van der Waals surface area contributed by atoms with Crippen LogP contribution >= 0.6 is 0 Å². The summed E-state index contributed by atoms with van der Waals surface area (Å²) in [6, 6.07) is 9.30. The fraction of sp³-hybridized carbons (Fsp3) is 0.385. The minimum Gasteiger partial charge on any atom is -0.481 e. The summed E-state index contributed by atoms with van der Waals surface area (Å²) in [5, 5.41) is 21.4. The predicted molar refractivity (Wildman–Crippen MR) is 63.4 cm³/mol. The zero-order valence-electron chi connectivity index (χ0n) is 9.47. The molecule has 0 heterocycles. The Labute approximate surface area is 99.6 Å². The summed E-state index contributed by atoms with van der Waals surface area (Å²) < 4.78 is 0. The summed E-state index contributed by atoms with van der Waals surface area (Å²) in [5.41, 5.74) is 0.706. The molecule has 0 radical (unpaired) electrons. The second-order valence-electron chi connectivity index (χ2n) is 4.42. The number of aliphatic carboxylic acids is 1. The zero-order valence-corrected chi connectivity index (χ0v) is 9.47. The van der Waals surface area contributed by atoms with E-state index in [0.29, 0.717) is 31.4 Å². The van der Waals surface area contributed by atoms with Crippen molar-refractivity contribution in [1.82, 2.24) is 0 Å². The number of benzene rings is 1. The Morgan fingerprint density at radius 3 is 2.24 bits per heavy atom. The number of carboxylic acid groups (broad SMARTS) is 1. The SMILES string of the molecule is O=C(O)C1(c2ccccc2)CCC(=NO)CC1. The molecule has 1 fully saturated rings. The highest BCUT2D eigenvalue weighted by atomic mass is 16.4. The normalized spacial score (nSPS) is 24.4. The predicted octanol–water partition coefficient (Wildman–Crippen LogP) is 2.41. The van der Waals surface area contributed by atoms with E-state index in [1.54, 1.807) is 0 Å². The van der Waals surface area contributed by atoms with Crippen molar-refractivity contribution in [1.29, 1.82) is 0 Å². The molecule has 0 aliphatic heterocycles. The van der Waals surface area contributed by atoms with Gasteiger partial charge in [-0.15, -0.1) is 0 Å². The molecular weight excluding hydrogens is 218 g/mol. The van der Waals surface area contributed by atoms with Crippen LogP contribution in [-0.2, 0) is 10.2 Å². The molecule has 0 saturated heterocycles. The maximum Gasteiger partial charge on any atom is 0.314 e. The first kappa shape index (κ1) is 11.6. The van der Waals surface area contributed by atoms with Crippen molar-refractivity contribution in [3.05, 3.63) is 35.9 Å². The summed E-state index contributed by atoms with van der Waals surface area (Å²) >= 11 is 0. The lowest BCUT2D eigenvalue weighted by Gasteiger charge is -2.33. The van der Waals surface area contributed by atoms with Gasteiger partial charge in [0.25, 0.3) is 0 Å². The van der Waals surface area contributed by atoms with Crippen molar-refractivity contribution in [2.75, 3.05) is 0 Å². The van der Waals surface area contributed by atoms with Gasteiger partial charge in [-0.3, -0.25) is 4.79 Å². The van der Waals surface area contributed by atoms with Crippen LogP contribution in [0.4, 0.5) is 0 Å². The monoisotopic (exact) mass is 233 g/mol. The topological polar surface area (TPSA) is 69.9 Å². The lowest BCUT2D eigenvalue weighted by atomic mass is 9.69. The minimum absolute atomic E-state index is 0.492. The molecule has 1 aliphatic rings. The van der Waals surface area contributed by atoms with Crippen molar-refractivity contribution >= 4 is 11.7 Å². The number of rotatable bonds is 2. The maximum absolute atomic E-state index is 11.6. The number of hydrogen-bond acceptors (Lipinski definition) is 3. The van der Waals surface area contributed by atoms with Gasteiger partial charge in [0.15, 0.2) is 0 Å². The third-order valence-electron chi connectivity index (χ3n) is 3.56. The molecule has 1 aromatic carbocycles. The van der Waals surface area contributed by atoms with Crippen LogP contribution in [0, 0.1) is 0 Å². The average molecular weight is 233 g/mol. The Kier molecular flexibility index (Phi) is 3.13. The Morgan fingerprint density at radius 1 is 1.18 bits per heavy atom. The van der Waals surface area contributed by atoms with Crippen LogP contribution in [0.1, 0.15) is 31.2 Å². The highest BCUT2D eigenvalue weighted by Crippen LogP contribution is 2.38. The van der Waals surface area contributed by atoms with Crippen molar-refractivity contribution in [3.63, 3.8) is 0 Å². The van der Waals surface area contributed by atoms with Gasteiger partial charge in [-0.25, -0.2) is 0 Å². The molecule has 17 heavy (non-hydrogen) atoms. The van der Waals surface area contributed by atoms with Gasteiger partial charge in [0.1, 0.15) is 0 Å². The molecule has 0 spiro atoms. The van der Waals surface area contributed by atoms with E-state index in [9.17, 15) is 9.90 Å². The zero-order chi connectivity index (χ0) is 12.3. The van der Waals surface area contributed by atoms with Crippen LogP contribution in [-0.4, -0.2) is 22.0 Å². The fourth-order valence-electron chi connectivity index (χ4n) is 2.45. The third-order valence-corrected chi connectivity index (χ3v) is 3.56. The largest absolute Gasteiger partial charge is 0.481 e. The Bertz CT molecular complexity index is 429. The molecule has 2 N–H and O–H groups in total. The number of oxime groups is 1. The summed E-state index contributed by atoms with van der Waals surface area (Å²) in [6.07, 6.45) is 2.06. The quantitative estimate of drug-likeness (QED) is 0.608. The number of carboxylic acids is 1. The number of hydrogen-bond donors (Lipinski definition) is 2. The minimum atomic E-state index is -0.824. The molecule has 1 saturated carbocycles. The van der Waals surface area contributed by atoms with E-state index in [-0.39, 0.29) is 0 Å². The third kappa shape index (κ3) is 2.02. The Morgan fingerprint density at radius 2 is 1.76 bits per heavy atom. The molecule has 4 heteroatoms. The molecule has 4 nitrogen and oxygen atoms in total. The van der Waals surface area contributed by atoms with E-state index in [2.05, 4.69) is 5.16 Å². The first-order valence-electron chi connectivity index (χ1n) is 5.68. The van der Waals surface area contributed by atoms with Crippen LogP contribution in [0.15, 0.2) is 35.5 Å². The van der Waals surface area contributed by atoms with E-state index in [1.807, 2.05) is 30.3 Å². The fourth-order valence-corrected chi connectivity index (χ4v) is 2.45. The number of carbonyl (C=O) groups is 1. The smallest absolute Gasteiger partial charge is 0.314 e. The van der Waals surface area contributed by atoms with E-state index in [1.165, 1.54) is 0 Å². The lowest BCUT2D eigenvalue weighted by molar-refractivity contribution is -0.144. The van der Waals surface area contributed by atoms with Crippen LogP contribution < -0.4 is 0 Å². The molecule has 90 valence electrons. The molecule has 0 atom stereocenters. The summed E-state index contributed by atoms with van der Waals surface area (Å²) in [7, 11) is 0. The van der Waals surface area contributed by atoms with Crippen LogP contribution in [0.5, 0.6) is 0 Å². The van der Waals surface area contributed by atoms with Gasteiger partial charge < -0.3 is 10.3 Å². The molecule has 1 aromatic rings. The molecule has 1 aliphatic carbocycles. The van der Waals surface area contributed by atoms with Crippen LogP contribution in [0.25, 0.3) is 0 Å². The summed E-state index contributed by atoms with van der Waals surface area (Å²) in [5.74, 6) is -0.791. The highest BCUT2D eigenvalue weighted by Gasteiger charge is 2.42. The molecule has 2 rings (SSSR count). The molecular formula is C13H15NO3. The molecule has 0 amide bonds. The van der Waals surface area contributed by atoms with E-state index in [4.69, 9.17) is 5.21 Å². The highest BCUT2D eigenvalue weighted by molar-refractivity contribution is 5.90. The van der Waals surface area contributed by atoms with Gasteiger partial charge >= 0.3 is 5.97 Å². The Balaban J connectivity index is 2.33. The van der Waals surface area contributed by atoms with Gasteiger partial charge in [0.2, 0.25) is 0 Å². The van der Waals surface area contributed by atoms with E-state index < -0.39 is 11.4 Å². The lowest BCUT2D eigenvalue weighted by Crippen LogP contribution is -2.39. The second kappa shape index (κ2) is 4.57. The number of nitrogens with zero attached hydrogens (tertiary/aromatic N) is 1. The Hall–Kier alpha value is -1.84. The van der Waals surface area contributed by atoms with Gasteiger partial charge in [-0.1, -0.05) is 35.5 Å². The van der Waals surface area contributed by atoms with Crippen molar-refractivity contribution in [3.8, 4) is 0 Å². The maximum atomic E-state index is 11.6. The van der Waals surface area contributed by atoms with Gasteiger partial charge in [0, 0.05) is 0 Å². The molecule has 0 unspecified atom stereocenters.